The molecule has 27 heavy (non-hydrogen) atoms. The van der Waals surface area contributed by atoms with Crippen molar-refractivity contribution in [1.82, 2.24) is 0 Å². The molecule has 0 amide bonds. The topological polar surface area (TPSA) is 43.4 Å². The smallest absolute Gasteiger partial charge is 0.310 e. The number of ketones is 1. The molecule has 0 radical (unpaired) electrons. The van der Waals surface area contributed by atoms with E-state index >= 15 is 0 Å². The second kappa shape index (κ2) is 8.79. The van der Waals surface area contributed by atoms with Gasteiger partial charge in [-0.2, -0.15) is 0 Å². The summed E-state index contributed by atoms with van der Waals surface area (Å²) in [7, 11) is 0. The van der Waals surface area contributed by atoms with E-state index in [0.29, 0.717) is 22.9 Å². The van der Waals surface area contributed by atoms with Gasteiger partial charge in [-0.25, -0.2) is 4.39 Å². The Bertz CT molecular complexity index is 822. The maximum absolute atomic E-state index is 14.4. The minimum atomic E-state index is -0.548. The lowest BCUT2D eigenvalue weighted by Crippen LogP contribution is -2.39. The largest absolute Gasteiger partial charge is 0.461 e. The summed E-state index contributed by atoms with van der Waals surface area (Å²) in [6, 6.07) is 14.5. The number of Topliss-reactive ketones (excluding diaryl/α,β-unsaturated/α-hetero) is 1. The van der Waals surface area contributed by atoms with E-state index in [1.165, 1.54) is 0 Å². The van der Waals surface area contributed by atoms with Crippen LogP contribution < -0.4 is 0 Å². The first kappa shape index (κ1) is 19.7. The molecule has 0 aromatic heterocycles. The van der Waals surface area contributed by atoms with Crippen molar-refractivity contribution in [3.05, 3.63) is 69.9 Å². The lowest BCUT2D eigenvalue weighted by molar-refractivity contribution is -0.157. The highest BCUT2D eigenvalue weighted by Crippen LogP contribution is 2.35. The zero-order valence-electron chi connectivity index (χ0n) is 15.2. The molecule has 0 heterocycles. The molecule has 0 N–H and O–H groups in total. The van der Waals surface area contributed by atoms with Crippen molar-refractivity contribution in [3.63, 3.8) is 0 Å². The molecule has 1 saturated carbocycles. The highest BCUT2D eigenvalue weighted by Gasteiger charge is 2.40. The molecule has 0 saturated heterocycles. The SMILES string of the molecule is C[C@@H]1CC(=O)C(Cc2cccc(Br)c2F)C(C(=O)OCc2ccccc2)C1. The fraction of sp³-hybridized carbons (Fsp3) is 0.364. The normalized spacial score (nSPS) is 22.5. The lowest BCUT2D eigenvalue weighted by Gasteiger charge is -2.32. The van der Waals surface area contributed by atoms with Crippen LogP contribution in [0.4, 0.5) is 4.39 Å². The molecule has 142 valence electrons. The van der Waals surface area contributed by atoms with Gasteiger partial charge in [-0.15, -0.1) is 0 Å². The summed E-state index contributed by atoms with van der Waals surface area (Å²) >= 11 is 3.18. The molecule has 1 aliphatic carbocycles. The second-order valence-corrected chi connectivity index (χ2v) is 8.09. The minimum absolute atomic E-state index is 0.00906. The van der Waals surface area contributed by atoms with Crippen molar-refractivity contribution in [1.29, 1.82) is 0 Å². The van der Waals surface area contributed by atoms with E-state index in [1.807, 2.05) is 37.3 Å². The molecule has 3 rings (SSSR count). The molecule has 3 atom stereocenters. The Hall–Kier alpha value is -2.01. The molecule has 2 aromatic carbocycles. The molecule has 0 bridgehead atoms. The average molecular weight is 433 g/mol. The van der Waals surface area contributed by atoms with Crippen molar-refractivity contribution in [2.75, 3.05) is 0 Å². The zero-order valence-corrected chi connectivity index (χ0v) is 16.7. The molecule has 1 fully saturated rings. The fourth-order valence-corrected chi connectivity index (χ4v) is 4.10. The van der Waals surface area contributed by atoms with Gasteiger partial charge >= 0.3 is 5.97 Å². The molecular weight excluding hydrogens is 411 g/mol. The van der Waals surface area contributed by atoms with Gasteiger partial charge < -0.3 is 4.74 Å². The number of rotatable bonds is 5. The van der Waals surface area contributed by atoms with Gasteiger partial charge in [0.15, 0.2) is 0 Å². The number of ether oxygens (including phenoxy) is 1. The van der Waals surface area contributed by atoms with Crippen LogP contribution >= 0.6 is 15.9 Å². The Balaban J connectivity index is 1.76. The third-order valence-corrected chi connectivity index (χ3v) is 5.72. The fourth-order valence-electron chi connectivity index (χ4n) is 3.70. The molecule has 0 spiro atoms. The predicted molar refractivity (Wildman–Crippen MR) is 104 cm³/mol. The lowest BCUT2D eigenvalue weighted by atomic mass is 9.71. The number of carbonyl (C=O) groups excluding carboxylic acids is 2. The van der Waals surface area contributed by atoms with E-state index in [2.05, 4.69) is 15.9 Å². The number of hydrogen-bond acceptors (Lipinski definition) is 3. The van der Waals surface area contributed by atoms with Crippen LogP contribution in [0.15, 0.2) is 53.0 Å². The summed E-state index contributed by atoms with van der Waals surface area (Å²) < 4.78 is 20.2. The molecule has 3 nitrogen and oxygen atoms in total. The highest BCUT2D eigenvalue weighted by molar-refractivity contribution is 9.10. The van der Waals surface area contributed by atoms with Crippen LogP contribution in [0.5, 0.6) is 0 Å². The van der Waals surface area contributed by atoms with E-state index in [1.54, 1.807) is 18.2 Å². The number of benzene rings is 2. The average Bonchev–Trinajstić information content (AvgIpc) is 2.66. The van der Waals surface area contributed by atoms with Gasteiger partial charge in [0.1, 0.15) is 18.2 Å². The van der Waals surface area contributed by atoms with Gasteiger partial charge in [0, 0.05) is 12.3 Å². The summed E-state index contributed by atoms with van der Waals surface area (Å²) in [5.41, 5.74) is 1.34. The molecular formula is C22H22BrFO3. The predicted octanol–water partition coefficient (Wildman–Crippen LogP) is 5.11. The third kappa shape index (κ3) is 4.83. The van der Waals surface area contributed by atoms with Crippen LogP contribution in [0.3, 0.4) is 0 Å². The van der Waals surface area contributed by atoms with Gasteiger partial charge in [-0.1, -0.05) is 49.4 Å². The van der Waals surface area contributed by atoms with Crippen molar-refractivity contribution in [3.8, 4) is 0 Å². The summed E-state index contributed by atoms with van der Waals surface area (Å²) in [4.78, 5) is 25.4. The standard InChI is InChI=1S/C22H22BrFO3/c1-14-10-18(22(26)27-13-15-6-3-2-4-7-15)17(20(25)11-14)12-16-8-5-9-19(23)21(16)24/h2-9,14,17-18H,10-13H2,1H3/t14-,17?,18?/m0/s1. The van der Waals surface area contributed by atoms with Gasteiger partial charge in [0.2, 0.25) is 0 Å². The van der Waals surface area contributed by atoms with Crippen LogP contribution in [0.25, 0.3) is 0 Å². The number of halogens is 2. The van der Waals surface area contributed by atoms with Crippen LogP contribution in [0.1, 0.15) is 30.9 Å². The second-order valence-electron chi connectivity index (χ2n) is 7.23. The Morgan fingerprint density at radius 2 is 1.93 bits per heavy atom. The maximum Gasteiger partial charge on any atom is 0.310 e. The van der Waals surface area contributed by atoms with E-state index in [4.69, 9.17) is 4.74 Å². The maximum atomic E-state index is 14.4. The first-order valence-electron chi connectivity index (χ1n) is 9.12. The number of hydrogen-bond donors (Lipinski definition) is 0. The third-order valence-electron chi connectivity index (χ3n) is 5.10. The van der Waals surface area contributed by atoms with E-state index < -0.39 is 11.8 Å². The molecule has 2 unspecified atom stereocenters. The quantitative estimate of drug-likeness (QED) is 0.616. The van der Waals surface area contributed by atoms with Crippen LogP contribution in [0.2, 0.25) is 0 Å². The number of esters is 1. The highest BCUT2D eigenvalue weighted by atomic mass is 79.9. The van der Waals surface area contributed by atoms with Crippen LogP contribution in [-0.4, -0.2) is 11.8 Å². The van der Waals surface area contributed by atoms with Gasteiger partial charge in [0.25, 0.3) is 0 Å². The summed E-state index contributed by atoms with van der Waals surface area (Å²) in [6.07, 6.45) is 1.21. The Labute approximate surface area is 167 Å². The van der Waals surface area contributed by atoms with E-state index in [-0.39, 0.29) is 36.5 Å². The Morgan fingerprint density at radius 3 is 2.67 bits per heavy atom. The van der Waals surface area contributed by atoms with Gasteiger partial charge in [-0.3, -0.25) is 9.59 Å². The van der Waals surface area contributed by atoms with Crippen LogP contribution in [-0.2, 0) is 27.4 Å². The Kier molecular flexibility index (Phi) is 6.42. The van der Waals surface area contributed by atoms with Gasteiger partial charge in [-0.05, 0) is 51.9 Å². The van der Waals surface area contributed by atoms with Crippen molar-refractivity contribution in [2.45, 2.75) is 32.8 Å². The molecule has 2 aromatic rings. The van der Waals surface area contributed by atoms with E-state index in [0.717, 1.165) is 5.56 Å². The molecule has 1 aliphatic rings. The molecule has 0 aliphatic heterocycles. The first-order chi connectivity index (χ1) is 13.0. The van der Waals surface area contributed by atoms with Crippen molar-refractivity contribution < 1.29 is 18.7 Å². The van der Waals surface area contributed by atoms with E-state index in [9.17, 15) is 14.0 Å². The summed E-state index contributed by atoms with van der Waals surface area (Å²) in [6.45, 7) is 2.14. The zero-order chi connectivity index (χ0) is 19.4. The number of carbonyl (C=O) groups is 2. The summed E-state index contributed by atoms with van der Waals surface area (Å²) in [5, 5.41) is 0. The minimum Gasteiger partial charge on any atom is -0.461 e. The summed E-state index contributed by atoms with van der Waals surface area (Å²) in [5.74, 6) is -1.71. The first-order valence-corrected chi connectivity index (χ1v) is 9.91. The molecule has 5 heteroatoms. The van der Waals surface area contributed by atoms with Crippen molar-refractivity contribution in [2.24, 2.45) is 17.8 Å². The van der Waals surface area contributed by atoms with Gasteiger partial charge in [0.05, 0.1) is 10.4 Å². The monoisotopic (exact) mass is 432 g/mol. The Morgan fingerprint density at radius 1 is 1.19 bits per heavy atom. The van der Waals surface area contributed by atoms with Crippen LogP contribution in [0, 0.1) is 23.6 Å². The van der Waals surface area contributed by atoms with Crippen molar-refractivity contribution >= 4 is 27.7 Å².